The van der Waals surface area contributed by atoms with Crippen LogP contribution in [0.15, 0.2) is 48.5 Å². The average Bonchev–Trinajstić information content (AvgIpc) is 2.45. The molecule has 0 heterocycles. The molecule has 21 heavy (non-hydrogen) atoms. The minimum Gasteiger partial charge on any atom is -0.384 e. The Balaban J connectivity index is 2.38. The first-order valence-corrected chi connectivity index (χ1v) is 6.74. The zero-order valence-electron chi connectivity index (χ0n) is 11.9. The predicted molar refractivity (Wildman–Crippen MR) is 76.0 cm³/mol. The summed E-state index contributed by atoms with van der Waals surface area (Å²) in [7, 11) is 0. The number of hydrogen-bond acceptors (Lipinski definition) is 1. The van der Waals surface area contributed by atoms with Gasteiger partial charge < -0.3 is 5.11 Å². The largest absolute Gasteiger partial charge is 0.416 e. The first kappa shape index (κ1) is 15.6. The van der Waals surface area contributed by atoms with E-state index >= 15 is 0 Å². The summed E-state index contributed by atoms with van der Waals surface area (Å²) in [6.45, 7) is 4.06. The van der Waals surface area contributed by atoms with Gasteiger partial charge in [-0.3, -0.25) is 0 Å². The first-order valence-electron chi connectivity index (χ1n) is 6.74. The van der Waals surface area contributed by atoms with E-state index in [0.717, 1.165) is 11.6 Å². The zero-order chi connectivity index (χ0) is 15.6. The summed E-state index contributed by atoms with van der Waals surface area (Å²) in [5.41, 5.74) is 0.610. The van der Waals surface area contributed by atoms with Crippen LogP contribution in [0, 0.1) is 0 Å². The Bertz CT molecular complexity index is 600. The molecule has 1 N–H and O–H groups in total. The van der Waals surface area contributed by atoms with Gasteiger partial charge in [-0.2, -0.15) is 13.2 Å². The van der Waals surface area contributed by atoms with E-state index in [1.54, 1.807) is 12.1 Å². The lowest BCUT2D eigenvalue weighted by molar-refractivity contribution is -0.139. The van der Waals surface area contributed by atoms with Gasteiger partial charge in [0.2, 0.25) is 0 Å². The first-order chi connectivity index (χ1) is 9.80. The van der Waals surface area contributed by atoms with E-state index in [9.17, 15) is 18.3 Å². The summed E-state index contributed by atoms with van der Waals surface area (Å²) in [6, 6.07) is 12.1. The van der Waals surface area contributed by atoms with Crippen LogP contribution < -0.4 is 0 Å². The van der Waals surface area contributed by atoms with Gasteiger partial charge in [-0.05, 0) is 28.7 Å². The third-order valence-electron chi connectivity index (χ3n) is 3.48. The van der Waals surface area contributed by atoms with Gasteiger partial charge in [0.15, 0.2) is 0 Å². The smallest absolute Gasteiger partial charge is 0.384 e. The molecule has 112 valence electrons. The summed E-state index contributed by atoms with van der Waals surface area (Å²) in [5, 5.41) is 10.3. The van der Waals surface area contributed by atoms with Crippen LogP contribution in [0.25, 0.3) is 0 Å². The number of hydrogen-bond donors (Lipinski definition) is 1. The van der Waals surface area contributed by atoms with Crippen molar-refractivity contribution < 1.29 is 18.3 Å². The van der Waals surface area contributed by atoms with Crippen LogP contribution in [0.1, 0.15) is 48.1 Å². The van der Waals surface area contributed by atoms with Gasteiger partial charge in [0.25, 0.3) is 0 Å². The third kappa shape index (κ3) is 3.45. The SMILES string of the molecule is CC(C)c1ccc(C(O)c2ccccc2C(F)(F)F)cc1. The molecule has 4 heteroatoms. The molecule has 0 aromatic heterocycles. The number of alkyl halides is 3. The van der Waals surface area contributed by atoms with Gasteiger partial charge in [-0.1, -0.05) is 56.3 Å². The van der Waals surface area contributed by atoms with E-state index < -0.39 is 17.8 Å². The molecule has 0 amide bonds. The average molecular weight is 294 g/mol. The van der Waals surface area contributed by atoms with Gasteiger partial charge in [0.1, 0.15) is 6.10 Å². The number of aliphatic hydroxyl groups is 1. The molecular weight excluding hydrogens is 277 g/mol. The van der Waals surface area contributed by atoms with Crippen LogP contribution in [-0.4, -0.2) is 5.11 Å². The fourth-order valence-electron chi connectivity index (χ4n) is 2.24. The van der Waals surface area contributed by atoms with Crippen molar-refractivity contribution in [1.29, 1.82) is 0 Å². The van der Waals surface area contributed by atoms with E-state index in [4.69, 9.17) is 0 Å². The molecule has 2 aromatic carbocycles. The molecule has 1 atom stereocenters. The van der Waals surface area contributed by atoms with Gasteiger partial charge >= 0.3 is 6.18 Å². The lowest BCUT2D eigenvalue weighted by Gasteiger charge is -2.18. The van der Waals surface area contributed by atoms with E-state index in [1.165, 1.54) is 18.2 Å². The van der Waals surface area contributed by atoms with Crippen molar-refractivity contribution in [2.45, 2.75) is 32.0 Å². The lowest BCUT2D eigenvalue weighted by Crippen LogP contribution is -2.12. The Hall–Kier alpha value is -1.81. The number of halogens is 3. The molecule has 1 unspecified atom stereocenters. The van der Waals surface area contributed by atoms with Crippen molar-refractivity contribution in [3.8, 4) is 0 Å². The molecule has 0 radical (unpaired) electrons. The number of aliphatic hydroxyl groups excluding tert-OH is 1. The molecule has 0 spiro atoms. The molecule has 0 saturated heterocycles. The van der Waals surface area contributed by atoms with Crippen LogP contribution in [0.4, 0.5) is 13.2 Å². The van der Waals surface area contributed by atoms with E-state index in [0.29, 0.717) is 11.5 Å². The predicted octanol–water partition coefficient (Wildman–Crippen LogP) is 4.91. The fraction of sp³-hybridized carbons (Fsp3) is 0.294. The molecule has 0 saturated carbocycles. The Morgan fingerprint density at radius 2 is 1.38 bits per heavy atom. The summed E-state index contributed by atoms with van der Waals surface area (Å²) >= 11 is 0. The van der Waals surface area contributed by atoms with Crippen LogP contribution in [0.2, 0.25) is 0 Å². The maximum Gasteiger partial charge on any atom is 0.416 e. The van der Waals surface area contributed by atoms with Gasteiger partial charge in [0.05, 0.1) is 5.56 Å². The molecule has 0 aliphatic heterocycles. The molecular formula is C17H17F3O. The highest BCUT2D eigenvalue weighted by Crippen LogP contribution is 2.36. The second kappa shape index (κ2) is 5.90. The van der Waals surface area contributed by atoms with Crippen molar-refractivity contribution in [3.63, 3.8) is 0 Å². The van der Waals surface area contributed by atoms with Crippen LogP contribution in [0.5, 0.6) is 0 Å². The van der Waals surface area contributed by atoms with Crippen molar-refractivity contribution in [1.82, 2.24) is 0 Å². The van der Waals surface area contributed by atoms with Gasteiger partial charge in [0, 0.05) is 0 Å². The Morgan fingerprint density at radius 1 is 0.857 bits per heavy atom. The highest BCUT2D eigenvalue weighted by atomic mass is 19.4. The zero-order valence-corrected chi connectivity index (χ0v) is 11.9. The molecule has 1 nitrogen and oxygen atoms in total. The number of rotatable bonds is 3. The lowest BCUT2D eigenvalue weighted by atomic mass is 9.94. The van der Waals surface area contributed by atoms with Crippen molar-refractivity contribution in [3.05, 3.63) is 70.8 Å². The van der Waals surface area contributed by atoms with Crippen molar-refractivity contribution in [2.24, 2.45) is 0 Å². The minimum atomic E-state index is -4.48. The molecule has 0 fully saturated rings. The van der Waals surface area contributed by atoms with Crippen LogP contribution in [0.3, 0.4) is 0 Å². The minimum absolute atomic E-state index is 0.123. The Morgan fingerprint density at radius 3 is 1.90 bits per heavy atom. The monoisotopic (exact) mass is 294 g/mol. The molecule has 0 bridgehead atoms. The molecule has 0 aliphatic rings. The van der Waals surface area contributed by atoms with Gasteiger partial charge in [-0.25, -0.2) is 0 Å². The van der Waals surface area contributed by atoms with E-state index in [2.05, 4.69) is 0 Å². The highest BCUT2D eigenvalue weighted by molar-refractivity contribution is 5.38. The topological polar surface area (TPSA) is 20.2 Å². The maximum atomic E-state index is 13.0. The van der Waals surface area contributed by atoms with Crippen molar-refractivity contribution in [2.75, 3.05) is 0 Å². The summed E-state index contributed by atoms with van der Waals surface area (Å²) in [4.78, 5) is 0. The summed E-state index contributed by atoms with van der Waals surface area (Å²) < 4.78 is 38.9. The molecule has 2 rings (SSSR count). The normalized spacial score (nSPS) is 13.5. The molecule has 0 aliphatic carbocycles. The van der Waals surface area contributed by atoms with Crippen LogP contribution >= 0.6 is 0 Å². The van der Waals surface area contributed by atoms with E-state index in [-0.39, 0.29) is 5.56 Å². The second-order valence-electron chi connectivity index (χ2n) is 5.31. The Kier molecular flexibility index (Phi) is 4.37. The number of benzene rings is 2. The third-order valence-corrected chi connectivity index (χ3v) is 3.48. The summed E-state index contributed by atoms with van der Waals surface area (Å²) in [6.07, 6.45) is -5.76. The highest BCUT2D eigenvalue weighted by Gasteiger charge is 2.34. The quantitative estimate of drug-likeness (QED) is 0.852. The summed E-state index contributed by atoms with van der Waals surface area (Å²) in [5.74, 6) is 0.332. The fourth-order valence-corrected chi connectivity index (χ4v) is 2.24. The second-order valence-corrected chi connectivity index (χ2v) is 5.31. The van der Waals surface area contributed by atoms with Gasteiger partial charge in [-0.15, -0.1) is 0 Å². The van der Waals surface area contributed by atoms with Crippen molar-refractivity contribution >= 4 is 0 Å². The maximum absolute atomic E-state index is 13.0. The van der Waals surface area contributed by atoms with Crippen LogP contribution in [-0.2, 0) is 6.18 Å². The molecule has 2 aromatic rings. The standard InChI is InChI=1S/C17H17F3O/c1-11(2)12-7-9-13(10-8-12)16(21)14-5-3-4-6-15(14)17(18,19)20/h3-11,16,21H,1-2H3. The van der Waals surface area contributed by atoms with E-state index in [1.807, 2.05) is 26.0 Å². The Labute approximate surface area is 122 Å².